The van der Waals surface area contributed by atoms with E-state index < -0.39 is 0 Å². The van der Waals surface area contributed by atoms with Crippen molar-refractivity contribution in [1.29, 1.82) is 0 Å². The van der Waals surface area contributed by atoms with Crippen LogP contribution in [0, 0.1) is 13.8 Å². The quantitative estimate of drug-likeness (QED) is 0.511. The maximum Gasteiger partial charge on any atom is 0.142 e. The summed E-state index contributed by atoms with van der Waals surface area (Å²) in [6.07, 6.45) is 1.66. The first-order valence-corrected chi connectivity index (χ1v) is 8.17. The second kappa shape index (κ2) is 7.07. The van der Waals surface area contributed by atoms with E-state index in [1.54, 1.807) is 10.9 Å². The fraction of sp³-hybridized carbons (Fsp3) is 0.111. The molecule has 1 aromatic heterocycles. The Balaban J connectivity index is 1.82. The van der Waals surface area contributed by atoms with Gasteiger partial charge in [0.15, 0.2) is 0 Å². The predicted octanol–water partition coefficient (Wildman–Crippen LogP) is 5.24. The summed E-state index contributed by atoms with van der Waals surface area (Å²) in [5.74, 6) is 0. The van der Waals surface area contributed by atoms with Crippen LogP contribution in [0.2, 0.25) is 10.2 Å². The number of benzene rings is 2. The Kier molecular flexibility index (Phi) is 4.88. The summed E-state index contributed by atoms with van der Waals surface area (Å²) in [6.45, 7) is 3.85. The zero-order chi connectivity index (χ0) is 17.1. The molecule has 3 aromatic rings. The number of hydrazone groups is 1. The lowest BCUT2D eigenvalue weighted by molar-refractivity contribution is 0.863. The van der Waals surface area contributed by atoms with Crippen LogP contribution in [0.5, 0.6) is 0 Å². The zero-order valence-corrected chi connectivity index (χ0v) is 14.8. The number of rotatable bonds is 4. The van der Waals surface area contributed by atoms with Crippen molar-refractivity contribution in [3.05, 3.63) is 75.5 Å². The zero-order valence-electron chi connectivity index (χ0n) is 13.3. The van der Waals surface area contributed by atoms with Crippen LogP contribution in [0.25, 0.3) is 5.69 Å². The highest BCUT2D eigenvalue weighted by molar-refractivity contribution is 6.32. The summed E-state index contributed by atoms with van der Waals surface area (Å²) in [6, 6.07) is 15.4. The minimum atomic E-state index is 0.520. The van der Waals surface area contributed by atoms with E-state index in [0.717, 1.165) is 28.2 Å². The van der Waals surface area contributed by atoms with Crippen molar-refractivity contribution in [2.45, 2.75) is 13.8 Å². The van der Waals surface area contributed by atoms with Crippen molar-refractivity contribution in [3.8, 4) is 5.69 Å². The number of para-hydroxylation sites is 1. The van der Waals surface area contributed by atoms with Crippen molar-refractivity contribution >= 4 is 35.1 Å². The molecule has 0 spiro atoms. The summed E-state index contributed by atoms with van der Waals surface area (Å²) in [7, 11) is 0. The van der Waals surface area contributed by atoms with Gasteiger partial charge < -0.3 is 0 Å². The summed E-state index contributed by atoms with van der Waals surface area (Å²) in [4.78, 5) is 0. The van der Waals surface area contributed by atoms with Gasteiger partial charge in [-0.2, -0.15) is 10.2 Å². The molecule has 122 valence electrons. The standard InChI is InChI=1S/C18H16Cl2N4/c1-12-8-9-14(10-17(12)19)22-21-11-16-13(2)23-24(18(16)20)15-6-4-3-5-7-15/h3-11,22H,1-2H3. The molecule has 0 atom stereocenters. The molecule has 1 N–H and O–H groups in total. The fourth-order valence-electron chi connectivity index (χ4n) is 2.23. The molecule has 0 bridgehead atoms. The molecule has 3 rings (SSSR count). The highest BCUT2D eigenvalue weighted by atomic mass is 35.5. The Morgan fingerprint density at radius 2 is 1.83 bits per heavy atom. The number of nitrogens with zero attached hydrogens (tertiary/aromatic N) is 3. The molecule has 24 heavy (non-hydrogen) atoms. The summed E-state index contributed by atoms with van der Waals surface area (Å²) >= 11 is 12.6. The monoisotopic (exact) mass is 358 g/mol. The van der Waals surface area contributed by atoms with Gasteiger partial charge in [0.05, 0.1) is 28.8 Å². The molecule has 0 aliphatic rings. The number of anilines is 1. The van der Waals surface area contributed by atoms with E-state index in [4.69, 9.17) is 23.2 Å². The number of hydrogen-bond acceptors (Lipinski definition) is 3. The van der Waals surface area contributed by atoms with Crippen LogP contribution in [0.3, 0.4) is 0 Å². The van der Waals surface area contributed by atoms with E-state index in [1.807, 2.05) is 62.4 Å². The fourth-order valence-corrected chi connectivity index (χ4v) is 2.73. The van der Waals surface area contributed by atoms with Crippen LogP contribution in [0.1, 0.15) is 16.8 Å². The van der Waals surface area contributed by atoms with Crippen LogP contribution < -0.4 is 5.43 Å². The Morgan fingerprint density at radius 1 is 1.08 bits per heavy atom. The van der Waals surface area contributed by atoms with Gasteiger partial charge in [-0.3, -0.25) is 5.43 Å². The number of aryl methyl sites for hydroxylation is 2. The maximum absolute atomic E-state index is 6.45. The summed E-state index contributed by atoms with van der Waals surface area (Å²) in [5, 5.41) is 9.93. The van der Waals surface area contributed by atoms with Gasteiger partial charge in [-0.05, 0) is 43.7 Å². The largest absolute Gasteiger partial charge is 0.278 e. The van der Waals surface area contributed by atoms with Crippen molar-refractivity contribution in [1.82, 2.24) is 9.78 Å². The van der Waals surface area contributed by atoms with Gasteiger partial charge in [0.1, 0.15) is 5.15 Å². The lowest BCUT2D eigenvalue weighted by Crippen LogP contribution is -1.96. The second-order valence-electron chi connectivity index (χ2n) is 5.37. The van der Waals surface area contributed by atoms with Gasteiger partial charge in [0.2, 0.25) is 0 Å². The van der Waals surface area contributed by atoms with E-state index in [2.05, 4.69) is 15.6 Å². The number of aromatic nitrogens is 2. The Hall–Kier alpha value is -2.30. The molecule has 0 unspecified atom stereocenters. The average molecular weight is 359 g/mol. The van der Waals surface area contributed by atoms with Gasteiger partial charge >= 0.3 is 0 Å². The topological polar surface area (TPSA) is 42.2 Å². The van der Waals surface area contributed by atoms with E-state index in [9.17, 15) is 0 Å². The van der Waals surface area contributed by atoms with Gasteiger partial charge in [-0.1, -0.05) is 47.5 Å². The molecule has 0 amide bonds. The molecular formula is C18H16Cl2N4. The predicted molar refractivity (Wildman–Crippen MR) is 101 cm³/mol. The van der Waals surface area contributed by atoms with Crippen LogP contribution >= 0.6 is 23.2 Å². The van der Waals surface area contributed by atoms with Gasteiger partial charge in [0.25, 0.3) is 0 Å². The first-order valence-electron chi connectivity index (χ1n) is 7.42. The maximum atomic E-state index is 6.45. The second-order valence-corrected chi connectivity index (χ2v) is 6.14. The molecule has 6 heteroatoms. The molecule has 0 aliphatic heterocycles. The molecular weight excluding hydrogens is 343 g/mol. The van der Waals surface area contributed by atoms with E-state index in [1.165, 1.54) is 0 Å². The van der Waals surface area contributed by atoms with Crippen LogP contribution in [0.15, 0.2) is 53.6 Å². The summed E-state index contributed by atoms with van der Waals surface area (Å²) in [5.41, 5.74) is 7.27. The van der Waals surface area contributed by atoms with E-state index in [0.29, 0.717) is 10.2 Å². The third kappa shape index (κ3) is 3.45. The first-order chi connectivity index (χ1) is 11.6. The van der Waals surface area contributed by atoms with Crippen molar-refractivity contribution < 1.29 is 0 Å². The van der Waals surface area contributed by atoms with Crippen LogP contribution in [-0.2, 0) is 0 Å². The Bertz CT molecular complexity index is 886. The lowest BCUT2D eigenvalue weighted by atomic mass is 10.2. The SMILES string of the molecule is Cc1ccc(NN=Cc2c(C)nn(-c3ccccc3)c2Cl)cc1Cl. The third-order valence-electron chi connectivity index (χ3n) is 3.61. The van der Waals surface area contributed by atoms with Crippen LogP contribution in [-0.4, -0.2) is 16.0 Å². The van der Waals surface area contributed by atoms with Gasteiger partial charge in [-0.25, -0.2) is 4.68 Å². The highest BCUT2D eigenvalue weighted by Gasteiger charge is 2.12. The molecule has 0 radical (unpaired) electrons. The van der Waals surface area contributed by atoms with Gasteiger partial charge in [-0.15, -0.1) is 0 Å². The number of halogens is 2. The number of nitrogens with one attached hydrogen (secondary N) is 1. The molecule has 0 saturated carbocycles. The molecule has 0 saturated heterocycles. The molecule has 4 nitrogen and oxygen atoms in total. The Morgan fingerprint density at radius 3 is 2.54 bits per heavy atom. The number of hydrogen-bond donors (Lipinski definition) is 1. The minimum Gasteiger partial charge on any atom is -0.278 e. The lowest BCUT2D eigenvalue weighted by Gasteiger charge is -2.03. The summed E-state index contributed by atoms with van der Waals surface area (Å²) < 4.78 is 1.70. The minimum absolute atomic E-state index is 0.520. The molecule has 1 heterocycles. The smallest absolute Gasteiger partial charge is 0.142 e. The van der Waals surface area contributed by atoms with Crippen molar-refractivity contribution in [3.63, 3.8) is 0 Å². The van der Waals surface area contributed by atoms with E-state index >= 15 is 0 Å². The van der Waals surface area contributed by atoms with Crippen LogP contribution in [0.4, 0.5) is 5.69 Å². The van der Waals surface area contributed by atoms with Crippen molar-refractivity contribution in [2.75, 3.05) is 5.43 Å². The Labute approximate surface area is 150 Å². The highest BCUT2D eigenvalue weighted by Crippen LogP contribution is 2.23. The van der Waals surface area contributed by atoms with Crippen molar-refractivity contribution in [2.24, 2.45) is 5.10 Å². The normalized spacial score (nSPS) is 11.2. The van der Waals surface area contributed by atoms with E-state index in [-0.39, 0.29) is 0 Å². The average Bonchev–Trinajstić information content (AvgIpc) is 2.87. The third-order valence-corrected chi connectivity index (χ3v) is 4.38. The molecule has 0 aliphatic carbocycles. The van der Waals surface area contributed by atoms with Gasteiger partial charge in [0, 0.05) is 5.02 Å². The molecule has 0 fully saturated rings. The molecule has 2 aromatic carbocycles. The first kappa shape index (κ1) is 16.6.